The number of ether oxygens (including phenoxy) is 2. The summed E-state index contributed by atoms with van der Waals surface area (Å²) in [4.78, 5) is 45.8. The molecule has 2 atom stereocenters. The monoisotopic (exact) mass is 582 g/mol. The Morgan fingerprint density at radius 1 is 1.12 bits per heavy atom. The number of allylic oxidation sites excluding steroid dienone is 2. The van der Waals surface area contributed by atoms with Gasteiger partial charge in [0.05, 0.1) is 23.8 Å². The summed E-state index contributed by atoms with van der Waals surface area (Å²) in [6, 6.07) is 8.86. The Balaban J connectivity index is 1.28. The Hall–Kier alpha value is -4.04. The lowest BCUT2D eigenvalue weighted by atomic mass is 9.81. The number of rotatable bonds is 7. The van der Waals surface area contributed by atoms with Crippen LogP contribution in [0.1, 0.15) is 78.8 Å². The number of benzene rings is 2. The molecule has 2 N–H and O–H groups in total. The van der Waals surface area contributed by atoms with Crippen molar-refractivity contribution >= 4 is 34.6 Å². The number of esters is 1. The molecule has 0 aromatic heterocycles. The number of carbonyl (C=O) groups excluding carboxylic acids is 3. The molecule has 1 saturated heterocycles. The summed E-state index contributed by atoms with van der Waals surface area (Å²) in [5.74, 6) is -0.00646. The van der Waals surface area contributed by atoms with Crippen molar-refractivity contribution in [1.29, 1.82) is 0 Å². The SMILES string of the molecule is CCOC(=O)[C@H]1CCCN(CCCNc2cc3c(c4c2C(=O)c2ccccc2C4=O)[NH+]=C2C=CC(C(C)(C)C)=CC2O3)C1. The third kappa shape index (κ3) is 5.56. The van der Waals surface area contributed by atoms with Crippen molar-refractivity contribution in [3.05, 3.63) is 76.4 Å². The molecule has 224 valence electrons. The van der Waals surface area contributed by atoms with E-state index in [0.29, 0.717) is 59.1 Å². The molecule has 2 aromatic carbocycles. The third-order valence-electron chi connectivity index (χ3n) is 8.72. The van der Waals surface area contributed by atoms with Crippen molar-refractivity contribution < 1.29 is 28.8 Å². The lowest BCUT2D eigenvalue weighted by Crippen LogP contribution is -2.72. The molecule has 0 spiro atoms. The fourth-order valence-corrected chi connectivity index (χ4v) is 6.44. The molecule has 2 aliphatic heterocycles. The number of anilines is 1. The van der Waals surface area contributed by atoms with Crippen LogP contribution in [0, 0.1) is 11.3 Å². The van der Waals surface area contributed by atoms with E-state index in [1.54, 1.807) is 24.3 Å². The maximum atomic E-state index is 13.9. The highest BCUT2D eigenvalue weighted by Gasteiger charge is 2.41. The number of fused-ring (bicyclic) bond motifs is 5. The number of carbonyl (C=O) groups is 3. The molecule has 0 radical (unpaired) electrons. The average Bonchev–Trinajstić information content (AvgIpc) is 3.00. The molecule has 2 aromatic rings. The zero-order valence-corrected chi connectivity index (χ0v) is 25.4. The van der Waals surface area contributed by atoms with Gasteiger partial charge in [-0.25, -0.2) is 4.99 Å². The molecule has 0 bridgehead atoms. The summed E-state index contributed by atoms with van der Waals surface area (Å²) in [5.41, 5.74) is 4.66. The quantitative estimate of drug-likeness (QED) is 0.321. The molecule has 2 heterocycles. The van der Waals surface area contributed by atoms with Gasteiger partial charge in [-0.1, -0.05) is 51.1 Å². The van der Waals surface area contributed by atoms with Crippen molar-refractivity contribution in [2.24, 2.45) is 11.3 Å². The number of piperidine rings is 1. The summed E-state index contributed by atoms with van der Waals surface area (Å²) in [7, 11) is 0. The van der Waals surface area contributed by atoms with Gasteiger partial charge in [0.15, 0.2) is 11.5 Å². The van der Waals surface area contributed by atoms with Crippen molar-refractivity contribution in [3.8, 4) is 5.75 Å². The van der Waals surface area contributed by atoms with E-state index in [4.69, 9.17) is 9.47 Å². The van der Waals surface area contributed by atoms with Crippen molar-refractivity contribution in [2.75, 3.05) is 38.1 Å². The van der Waals surface area contributed by atoms with Crippen LogP contribution in [0.4, 0.5) is 11.4 Å². The molecular formula is C35H40N3O5+. The topological polar surface area (TPSA) is 98.9 Å². The van der Waals surface area contributed by atoms with E-state index >= 15 is 0 Å². The number of likely N-dealkylation sites (tertiary alicyclic amines) is 1. The first-order valence-corrected chi connectivity index (χ1v) is 15.4. The van der Waals surface area contributed by atoms with Crippen LogP contribution >= 0.6 is 0 Å². The van der Waals surface area contributed by atoms with E-state index in [1.165, 1.54) is 5.57 Å². The van der Waals surface area contributed by atoms with Crippen LogP contribution in [0.5, 0.6) is 5.75 Å². The van der Waals surface area contributed by atoms with Gasteiger partial charge in [-0.3, -0.25) is 14.4 Å². The standard InChI is InChI=1S/C35H39N3O5/c1-5-42-34(41)21-10-8-16-38(20-21)17-9-15-36-26-19-28-31(37-25-14-13-22(35(2,3)4)18-27(25)43-28)30-29(26)32(39)23-11-6-7-12-24(23)33(30)40/h6-7,11-14,18-19,21,27,36H,5,8-10,15-17,20H2,1-4H3/p+1/t21-,27?/m0/s1. The van der Waals surface area contributed by atoms with Crippen molar-refractivity contribution in [2.45, 2.75) is 53.1 Å². The minimum atomic E-state index is -0.314. The van der Waals surface area contributed by atoms with Gasteiger partial charge in [0, 0.05) is 36.4 Å². The summed E-state index contributed by atoms with van der Waals surface area (Å²) in [5, 5.41) is 3.47. The minimum Gasteiger partial charge on any atom is -0.468 e. The van der Waals surface area contributed by atoms with E-state index in [1.807, 2.05) is 19.1 Å². The van der Waals surface area contributed by atoms with Gasteiger partial charge in [0.1, 0.15) is 5.56 Å². The Labute approximate surface area is 252 Å². The van der Waals surface area contributed by atoms with E-state index in [0.717, 1.165) is 38.1 Å². The number of hydrogen-bond donors (Lipinski definition) is 2. The van der Waals surface area contributed by atoms with Crippen LogP contribution < -0.4 is 15.0 Å². The molecule has 0 amide bonds. The Bertz CT molecular complexity index is 1580. The van der Waals surface area contributed by atoms with Crippen LogP contribution in [0.3, 0.4) is 0 Å². The van der Waals surface area contributed by atoms with E-state index in [9.17, 15) is 14.4 Å². The van der Waals surface area contributed by atoms with Gasteiger partial charge in [-0.15, -0.1) is 0 Å². The number of ketones is 2. The smallest absolute Gasteiger partial charge is 0.310 e. The second-order valence-corrected chi connectivity index (χ2v) is 12.7. The number of hydrogen-bond acceptors (Lipinski definition) is 7. The van der Waals surface area contributed by atoms with Crippen LogP contribution in [0.25, 0.3) is 0 Å². The molecule has 8 nitrogen and oxygen atoms in total. The first-order chi connectivity index (χ1) is 20.7. The number of nitrogens with zero attached hydrogens (tertiary/aromatic N) is 1. The fourth-order valence-electron chi connectivity index (χ4n) is 6.44. The second kappa shape index (κ2) is 11.6. The fraction of sp³-hybridized carbons (Fsp3) is 0.429. The molecule has 1 fully saturated rings. The van der Waals surface area contributed by atoms with Crippen molar-refractivity contribution in [1.82, 2.24) is 4.90 Å². The van der Waals surface area contributed by atoms with E-state index < -0.39 is 0 Å². The molecule has 1 unspecified atom stereocenters. The largest absolute Gasteiger partial charge is 0.468 e. The highest BCUT2D eigenvalue weighted by atomic mass is 16.5. The van der Waals surface area contributed by atoms with Gasteiger partial charge in [0.2, 0.25) is 17.6 Å². The maximum absolute atomic E-state index is 13.9. The predicted octanol–water partition coefficient (Wildman–Crippen LogP) is 4.00. The summed E-state index contributed by atoms with van der Waals surface area (Å²) in [6.45, 7) is 11.8. The van der Waals surface area contributed by atoms with E-state index in [2.05, 4.69) is 48.1 Å². The Morgan fingerprint density at radius 3 is 2.58 bits per heavy atom. The highest BCUT2D eigenvalue weighted by molar-refractivity contribution is 6.32. The Morgan fingerprint density at radius 2 is 1.86 bits per heavy atom. The zero-order chi connectivity index (χ0) is 30.3. The van der Waals surface area contributed by atoms with Gasteiger partial charge in [0.25, 0.3) is 5.69 Å². The second-order valence-electron chi connectivity index (χ2n) is 12.7. The first kappa shape index (κ1) is 29.1. The molecular weight excluding hydrogens is 542 g/mol. The maximum Gasteiger partial charge on any atom is 0.310 e. The Kier molecular flexibility index (Phi) is 7.81. The molecule has 43 heavy (non-hydrogen) atoms. The van der Waals surface area contributed by atoms with Crippen LogP contribution in [0.15, 0.2) is 54.1 Å². The minimum absolute atomic E-state index is 0.0367. The molecule has 0 saturated carbocycles. The predicted molar refractivity (Wildman–Crippen MR) is 165 cm³/mol. The number of nitrogens with one attached hydrogen (secondary N) is 2. The first-order valence-electron chi connectivity index (χ1n) is 15.4. The molecule has 6 rings (SSSR count). The molecule has 4 aliphatic rings. The van der Waals surface area contributed by atoms with Gasteiger partial charge < -0.3 is 19.7 Å². The van der Waals surface area contributed by atoms with Crippen LogP contribution in [-0.2, 0) is 9.53 Å². The highest BCUT2D eigenvalue weighted by Crippen LogP contribution is 2.42. The lowest BCUT2D eigenvalue weighted by Gasteiger charge is -2.31. The lowest BCUT2D eigenvalue weighted by molar-refractivity contribution is -0.362. The molecule has 8 heteroatoms. The third-order valence-corrected chi connectivity index (χ3v) is 8.72. The van der Waals surface area contributed by atoms with Gasteiger partial charge in [-0.2, -0.15) is 0 Å². The summed E-state index contributed by atoms with van der Waals surface area (Å²) in [6.07, 6.45) is 8.52. The summed E-state index contributed by atoms with van der Waals surface area (Å²) >= 11 is 0. The van der Waals surface area contributed by atoms with Gasteiger partial charge >= 0.3 is 5.97 Å². The van der Waals surface area contributed by atoms with Crippen LogP contribution in [0.2, 0.25) is 0 Å². The van der Waals surface area contributed by atoms with Gasteiger partial charge in [-0.05, 0) is 56.3 Å². The van der Waals surface area contributed by atoms with E-state index in [-0.39, 0.29) is 35.0 Å². The normalized spacial score (nSPS) is 21.0. The average molecular weight is 583 g/mol. The molecule has 2 aliphatic carbocycles. The van der Waals surface area contributed by atoms with Crippen molar-refractivity contribution in [3.63, 3.8) is 0 Å². The zero-order valence-electron chi connectivity index (χ0n) is 25.4. The summed E-state index contributed by atoms with van der Waals surface area (Å²) < 4.78 is 11.8. The van der Waals surface area contributed by atoms with Crippen LogP contribution in [-0.4, -0.2) is 67.0 Å².